The molecule has 1 aromatic rings. The number of piperidine rings is 1. The van der Waals surface area contributed by atoms with Crippen molar-refractivity contribution in [2.45, 2.75) is 37.7 Å². The second-order valence-electron chi connectivity index (χ2n) is 5.19. The Morgan fingerprint density at radius 3 is 2.67 bits per heavy atom. The smallest absolute Gasteiger partial charge is 0.252 e. The van der Waals surface area contributed by atoms with Gasteiger partial charge in [0.15, 0.2) is 0 Å². The van der Waals surface area contributed by atoms with Gasteiger partial charge in [-0.05, 0) is 25.7 Å². The number of hydrogen-bond donors (Lipinski definition) is 1. The van der Waals surface area contributed by atoms with Crippen molar-refractivity contribution in [2.24, 2.45) is 0 Å². The number of rotatable bonds is 3. The predicted octanol–water partition coefficient (Wildman–Crippen LogP) is 1.26. The zero-order valence-electron chi connectivity index (χ0n) is 10.7. The Hall–Kier alpha value is -1.36. The Bertz CT molecular complexity index is 473. The number of aromatic amines is 1. The molecule has 5 heteroatoms. The summed E-state index contributed by atoms with van der Waals surface area (Å²) >= 11 is 0. The second-order valence-corrected chi connectivity index (χ2v) is 5.19. The van der Waals surface area contributed by atoms with E-state index >= 15 is 0 Å². The molecule has 2 fully saturated rings. The maximum absolute atomic E-state index is 11.7. The Balaban J connectivity index is 1.77. The van der Waals surface area contributed by atoms with E-state index < -0.39 is 0 Å². The number of ether oxygens (including phenoxy) is 1. The first kappa shape index (κ1) is 11.7. The molecular weight excluding hydrogens is 230 g/mol. The summed E-state index contributed by atoms with van der Waals surface area (Å²) in [6, 6.07) is 1.61. The average molecular weight is 249 g/mol. The first-order chi connectivity index (χ1) is 8.76. The standard InChI is InChI=1S/C13H19N3O2/c1-18-10-4-6-16(7-5-10)11-8-12(17)15-13(14-11)9-2-3-9/h8-10H,2-7H2,1H3,(H,14,15,17). The molecule has 1 N–H and O–H groups in total. The van der Waals surface area contributed by atoms with Gasteiger partial charge in [0.05, 0.1) is 6.10 Å². The molecule has 0 unspecified atom stereocenters. The number of H-pyrrole nitrogens is 1. The van der Waals surface area contributed by atoms with E-state index in [2.05, 4.69) is 14.9 Å². The van der Waals surface area contributed by atoms with E-state index in [1.54, 1.807) is 13.2 Å². The zero-order chi connectivity index (χ0) is 12.5. The van der Waals surface area contributed by atoms with Gasteiger partial charge in [-0.25, -0.2) is 4.98 Å². The van der Waals surface area contributed by atoms with Crippen molar-refractivity contribution in [3.63, 3.8) is 0 Å². The third-order valence-electron chi connectivity index (χ3n) is 3.81. The molecule has 0 atom stereocenters. The third kappa shape index (κ3) is 2.41. The van der Waals surface area contributed by atoms with Crippen molar-refractivity contribution >= 4 is 5.82 Å². The molecule has 0 amide bonds. The van der Waals surface area contributed by atoms with Gasteiger partial charge >= 0.3 is 0 Å². The van der Waals surface area contributed by atoms with Crippen molar-refractivity contribution in [3.8, 4) is 0 Å². The summed E-state index contributed by atoms with van der Waals surface area (Å²) in [5.74, 6) is 2.18. The molecule has 1 saturated carbocycles. The van der Waals surface area contributed by atoms with E-state index in [9.17, 15) is 4.79 Å². The number of hydrogen-bond acceptors (Lipinski definition) is 4. The molecule has 2 heterocycles. The van der Waals surface area contributed by atoms with Crippen molar-refractivity contribution in [1.82, 2.24) is 9.97 Å². The summed E-state index contributed by atoms with van der Waals surface area (Å²) in [5.41, 5.74) is -0.0317. The highest BCUT2D eigenvalue weighted by Crippen LogP contribution is 2.38. The fourth-order valence-corrected chi connectivity index (χ4v) is 2.50. The molecular formula is C13H19N3O2. The lowest BCUT2D eigenvalue weighted by molar-refractivity contribution is 0.0818. The summed E-state index contributed by atoms with van der Waals surface area (Å²) in [7, 11) is 1.76. The van der Waals surface area contributed by atoms with Crippen molar-refractivity contribution < 1.29 is 4.74 Å². The van der Waals surface area contributed by atoms with Crippen LogP contribution in [-0.4, -0.2) is 36.3 Å². The minimum Gasteiger partial charge on any atom is -0.381 e. The van der Waals surface area contributed by atoms with Crippen LogP contribution < -0.4 is 10.5 Å². The topological polar surface area (TPSA) is 58.2 Å². The number of nitrogens with zero attached hydrogens (tertiary/aromatic N) is 2. The monoisotopic (exact) mass is 249 g/mol. The van der Waals surface area contributed by atoms with Crippen LogP contribution in [0.1, 0.15) is 37.4 Å². The third-order valence-corrected chi connectivity index (χ3v) is 3.81. The predicted molar refractivity (Wildman–Crippen MR) is 69.1 cm³/mol. The van der Waals surface area contributed by atoms with Crippen LogP contribution in [0.2, 0.25) is 0 Å². The van der Waals surface area contributed by atoms with E-state index in [-0.39, 0.29) is 5.56 Å². The second kappa shape index (κ2) is 4.72. The molecule has 0 radical (unpaired) electrons. The van der Waals surface area contributed by atoms with Crippen molar-refractivity contribution in [1.29, 1.82) is 0 Å². The van der Waals surface area contributed by atoms with E-state index in [0.29, 0.717) is 12.0 Å². The highest BCUT2D eigenvalue weighted by molar-refractivity contribution is 5.38. The van der Waals surface area contributed by atoms with Crippen LogP contribution in [0, 0.1) is 0 Å². The largest absolute Gasteiger partial charge is 0.381 e. The van der Waals surface area contributed by atoms with Gasteiger partial charge in [-0.1, -0.05) is 0 Å². The first-order valence-corrected chi connectivity index (χ1v) is 6.65. The minimum atomic E-state index is -0.0317. The Kier molecular flexibility index (Phi) is 3.07. The van der Waals surface area contributed by atoms with Gasteiger partial charge in [-0.3, -0.25) is 4.79 Å². The van der Waals surface area contributed by atoms with Crippen molar-refractivity contribution in [2.75, 3.05) is 25.1 Å². The fraction of sp³-hybridized carbons (Fsp3) is 0.692. The summed E-state index contributed by atoms with van der Waals surface area (Å²) < 4.78 is 5.36. The van der Waals surface area contributed by atoms with Crippen LogP contribution in [0.4, 0.5) is 5.82 Å². The van der Waals surface area contributed by atoms with Gasteiger partial charge in [0.1, 0.15) is 11.6 Å². The lowest BCUT2D eigenvalue weighted by atomic mass is 10.1. The molecule has 18 heavy (non-hydrogen) atoms. The van der Waals surface area contributed by atoms with E-state index in [1.807, 2.05) is 0 Å². The quantitative estimate of drug-likeness (QED) is 0.876. The number of nitrogens with one attached hydrogen (secondary N) is 1. The normalized spacial score (nSPS) is 21.3. The van der Waals surface area contributed by atoms with Gasteiger partial charge in [0.25, 0.3) is 5.56 Å². The van der Waals surface area contributed by atoms with E-state index in [1.165, 1.54) is 0 Å². The Morgan fingerprint density at radius 1 is 1.33 bits per heavy atom. The zero-order valence-corrected chi connectivity index (χ0v) is 10.7. The van der Waals surface area contributed by atoms with Crippen LogP contribution in [-0.2, 0) is 4.74 Å². The maximum atomic E-state index is 11.7. The molecule has 98 valence electrons. The molecule has 1 aliphatic heterocycles. The molecule has 3 rings (SSSR count). The van der Waals surface area contributed by atoms with Gasteiger partial charge in [-0.2, -0.15) is 0 Å². The lowest BCUT2D eigenvalue weighted by Crippen LogP contribution is -2.37. The van der Waals surface area contributed by atoms with Crippen LogP contribution >= 0.6 is 0 Å². The average Bonchev–Trinajstić information content (AvgIpc) is 3.22. The molecule has 0 spiro atoms. The van der Waals surface area contributed by atoms with Crippen LogP contribution in [0.15, 0.2) is 10.9 Å². The van der Waals surface area contributed by atoms with Gasteiger partial charge in [0, 0.05) is 32.2 Å². The van der Waals surface area contributed by atoms with Gasteiger partial charge in [-0.15, -0.1) is 0 Å². The molecule has 0 bridgehead atoms. The maximum Gasteiger partial charge on any atom is 0.252 e. The van der Waals surface area contributed by atoms with Crippen LogP contribution in [0.3, 0.4) is 0 Å². The number of anilines is 1. The first-order valence-electron chi connectivity index (χ1n) is 6.65. The molecule has 2 aliphatic rings. The fourth-order valence-electron chi connectivity index (χ4n) is 2.50. The minimum absolute atomic E-state index is 0.0317. The van der Waals surface area contributed by atoms with E-state index in [0.717, 1.165) is 50.4 Å². The van der Waals surface area contributed by atoms with Gasteiger partial charge < -0.3 is 14.6 Å². The molecule has 1 aliphatic carbocycles. The molecule has 5 nitrogen and oxygen atoms in total. The Labute approximate surface area is 106 Å². The lowest BCUT2D eigenvalue weighted by Gasteiger charge is -2.32. The molecule has 0 aromatic carbocycles. The van der Waals surface area contributed by atoms with Crippen molar-refractivity contribution in [3.05, 3.63) is 22.2 Å². The van der Waals surface area contributed by atoms with Crippen LogP contribution in [0.5, 0.6) is 0 Å². The summed E-state index contributed by atoms with van der Waals surface area (Å²) in [6.07, 6.45) is 4.66. The highest BCUT2D eigenvalue weighted by atomic mass is 16.5. The highest BCUT2D eigenvalue weighted by Gasteiger charge is 2.27. The SMILES string of the molecule is COC1CCN(c2cc(=O)[nH]c(C3CC3)n2)CC1. The van der Waals surface area contributed by atoms with E-state index in [4.69, 9.17) is 4.74 Å². The molecule has 1 saturated heterocycles. The summed E-state index contributed by atoms with van der Waals surface area (Å²) in [6.45, 7) is 1.83. The summed E-state index contributed by atoms with van der Waals surface area (Å²) in [4.78, 5) is 21.3. The number of aromatic nitrogens is 2. The summed E-state index contributed by atoms with van der Waals surface area (Å²) in [5, 5.41) is 0. The van der Waals surface area contributed by atoms with Gasteiger partial charge in [0.2, 0.25) is 0 Å². The molecule has 1 aromatic heterocycles. The Morgan fingerprint density at radius 2 is 2.06 bits per heavy atom. The van der Waals surface area contributed by atoms with Crippen LogP contribution in [0.25, 0.3) is 0 Å². The number of methoxy groups -OCH3 is 1.